The molecule has 0 radical (unpaired) electrons. The number of hydrogen-bond acceptors (Lipinski definition) is 2. The summed E-state index contributed by atoms with van der Waals surface area (Å²) in [7, 11) is 0. The number of aryl methyl sites for hydroxylation is 2. The highest BCUT2D eigenvalue weighted by atomic mass is 35.5. The number of nitrogens with zero attached hydrogens (tertiary/aromatic N) is 1. The number of hydrogen-bond donors (Lipinski definition) is 1. The number of halogens is 1. The summed E-state index contributed by atoms with van der Waals surface area (Å²) in [6.45, 7) is 2.31. The average Bonchev–Trinajstić information content (AvgIpc) is 2.23. The molecule has 3 nitrogen and oxygen atoms in total. The number of hydroxylamine groups is 2. The lowest BCUT2D eigenvalue weighted by atomic mass is 10.1. The van der Waals surface area contributed by atoms with Gasteiger partial charge in [0.1, 0.15) is 0 Å². The van der Waals surface area contributed by atoms with Gasteiger partial charge in [0.25, 0.3) is 0 Å². The highest BCUT2D eigenvalue weighted by Gasteiger charge is 1.99. The van der Waals surface area contributed by atoms with Gasteiger partial charge in [-0.15, -0.1) is 0 Å². The van der Waals surface area contributed by atoms with Gasteiger partial charge in [0.2, 0.25) is 6.41 Å². The topological polar surface area (TPSA) is 40.5 Å². The van der Waals surface area contributed by atoms with E-state index in [1.54, 1.807) is 0 Å². The Labute approximate surface area is 94.2 Å². The molecule has 0 heterocycles. The molecule has 0 unspecified atom stereocenters. The minimum absolute atomic E-state index is 0.352. The zero-order chi connectivity index (χ0) is 11.3. The standard InChI is InChI=1S/C11H14ClNO2/c1-9-7-10(4-5-11(9)12)3-2-6-13(15)8-14/h4-5,7-8,15H,2-3,6H2,1H3. The molecule has 0 saturated heterocycles. The fourth-order valence-corrected chi connectivity index (χ4v) is 1.48. The van der Waals surface area contributed by atoms with Crippen molar-refractivity contribution in [1.82, 2.24) is 5.06 Å². The summed E-state index contributed by atoms with van der Waals surface area (Å²) >= 11 is 5.89. The van der Waals surface area contributed by atoms with Gasteiger partial charge in [0, 0.05) is 11.6 Å². The molecule has 82 valence electrons. The van der Waals surface area contributed by atoms with Crippen LogP contribution >= 0.6 is 11.6 Å². The summed E-state index contributed by atoms with van der Waals surface area (Å²) in [6, 6.07) is 5.84. The van der Waals surface area contributed by atoms with Crippen LogP contribution in [-0.4, -0.2) is 23.2 Å². The van der Waals surface area contributed by atoms with Crippen LogP contribution in [-0.2, 0) is 11.2 Å². The first-order valence-electron chi connectivity index (χ1n) is 4.79. The lowest BCUT2D eigenvalue weighted by Crippen LogP contribution is -2.18. The molecular formula is C11H14ClNO2. The van der Waals surface area contributed by atoms with Crippen molar-refractivity contribution in [1.29, 1.82) is 0 Å². The van der Waals surface area contributed by atoms with Crippen molar-refractivity contribution < 1.29 is 10.0 Å². The maximum absolute atomic E-state index is 10.1. The van der Waals surface area contributed by atoms with Crippen molar-refractivity contribution in [3.8, 4) is 0 Å². The highest BCUT2D eigenvalue weighted by molar-refractivity contribution is 6.31. The second-order valence-corrected chi connectivity index (χ2v) is 3.86. The van der Waals surface area contributed by atoms with Crippen molar-refractivity contribution in [2.75, 3.05) is 6.54 Å². The van der Waals surface area contributed by atoms with Crippen LogP contribution in [0.2, 0.25) is 5.02 Å². The molecule has 0 fully saturated rings. The zero-order valence-electron chi connectivity index (χ0n) is 8.61. The van der Waals surface area contributed by atoms with Crippen molar-refractivity contribution in [2.24, 2.45) is 0 Å². The molecule has 1 amide bonds. The summed E-state index contributed by atoms with van der Waals surface area (Å²) in [5.41, 5.74) is 2.21. The van der Waals surface area contributed by atoms with E-state index in [4.69, 9.17) is 16.8 Å². The minimum atomic E-state index is 0.352. The third kappa shape index (κ3) is 3.90. The Morgan fingerprint density at radius 3 is 2.87 bits per heavy atom. The molecule has 0 aliphatic heterocycles. The average molecular weight is 228 g/mol. The van der Waals surface area contributed by atoms with Gasteiger partial charge < -0.3 is 0 Å². The van der Waals surface area contributed by atoms with Crippen LogP contribution in [0.4, 0.5) is 0 Å². The second kappa shape index (κ2) is 5.73. The van der Waals surface area contributed by atoms with E-state index in [2.05, 4.69) is 0 Å². The number of amides is 1. The lowest BCUT2D eigenvalue weighted by molar-refractivity contribution is -0.149. The summed E-state index contributed by atoms with van der Waals surface area (Å²) < 4.78 is 0. The predicted octanol–water partition coefficient (Wildman–Crippen LogP) is 2.43. The third-order valence-corrected chi connectivity index (χ3v) is 2.62. The van der Waals surface area contributed by atoms with Gasteiger partial charge in [-0.05, 0) is 37.0 Å². The monoisotopic (exact) mass is 227 g/mol. The van der Waals surface area contributed by atoms with Gasteiger partial charge in [0.05, 0.1) is 0 Å². The molecule has 0 aliphatic rings. The fourth-order valence-electron chi connectivity index (χ4n) is 1.36. The molecule has 15 heavy (non-hydrogen) atoms. The Kier molecular flexibility index (Phi) is 4.59. The zero-order valence-corrected chi connectivity index (χ0v) is 9.37. The first-order chi connectivity index (χ1) is 7.13. The maximum Gasteiger partial charge on any atom is 0.233 e. The van der Waals surface area contributed by atoms with Gasteiger partial charge in [-0.3, -0.25) is 10.0 Å². The normalized spacial score (nSPS) is 10.1. The molecule has 1 N–H and O–H groups in total. The summed E-state index contributed by atoms with van der Waals surface area (Å²) in [5, 5.41) is 10.3. The maximum atomic E-state index is 10.1. The van der Waals surface area contributed by atoms with Gasteiger partial charge in [-0.25, -0.2) is 5.06 Å². The van der Waals surface area contributed by atoms with Gasteiger partial charge in [-0.1, -0.05) is 23.7 Å². The molecule has 0 spiro atoms. The van der Waals surface area contributed by atoms with Crippen LogP contribution in [0.5, 0.6) is 0 Å². The molecule has 1 aromatic rings. The minimum Gasteiger partial charge on any atom is -0.286 e. The Hall–Kier alpha value is -1.06. The van der Waals surface area contributed by atoms with Gasteiger partial charge in [-0.2, -0.15) is 0 Å². The van der Waals surface area contributed by atoms with E-state index in [0.29, 0.717) is 18.0 Å². The van der Waals surface area contributed by atoms with E-state index in [9.17, 15) is 4.79 Å². The SMILES string of the molecule is Cc1cc(CCCN(O)C=O)ccc1Cl. The molecule has 1 rings (SSSR count). The van der Waals surface area contributed by atoms with Crippen molar-refractivity contribution >= 4 is 18.0 Å². The van der Waals surface area contributed by atoms with Crippen LogP contribution < -0.4 is 0 Å². The lowest BCUT2D eigenvalue weighted by Gasteiger charge is -2.08. The van der Waals surface area contributed by atoms with E-state index >= 15 is 0 Å². The molecule has 0 atom stereocenters. The molecule has 0 aliphatic carbocycles. The van der Waals surface area contributed by atoms with Crippen LogP contribution in [0.15, 0.2) is 18.2 Å². The predicted molar refractivity (Wildman–Crippen MR) is 59.1 cm³/mol. The molecule has 0 aromatic heterocycles. The van der Waals surface area contributed by atoms with Crippen LogP contribution in [0.3, 0.4) is 0 Å². The number of carbonyl (C=O) groups is 1. The van der Waals surface area contributed by atoms with Gasteiger partial charge in [0.15, 0.2) is 0 Å². The van der Waals surface area contributed by atoms with Crippen LogP contribution in [0, 0.1) is 6.92 Å². The second-order valence-electron chi connectivity index (χ2n) is 3.46. The fraction of sp³-hybridized carbons (Fsp3) is 0.364. The summed E-state index contributed by atoms with van der Waals surface area (Å²) in [5.74, 6) is 0. The van der Waals surface area contributed by atoms with E-state index in [0.717, 1.165) is 29.0 Å². The molecular weight excluding hydrogens is 214 g/mol. The van der Waals surface area contributed by atoms with Gasteiger partial charge >= 0.3 is 0 Å². The first-order valence-corrected chi connectivity index (χ1v) is 5.17. The molecule has 0 saturated carbocycles. The molecule has 1 aromatic carbocycles. The Balaban J connectivity index is 2.44. The van der Waals surface area contributed by atoms with E-state index < -0.39 is 0 Å². The summed E-state index contributed by atoms with van der Waals surface area (Å²) in [6.07, 6.45) is 1.96. The van der Waals surface area contributed by atoms with Crippen molar-refractivity contribution in [3.63, 3.8) is 0 Å². The Morgan fingerprint density at radius 1 is 1.53 bits per heavy atom. The smallest absolute Gasteiger partial charge is 0.233 e. The Bertz CT molecular complexity index is 341. The first kappa shape index (κ1) is 12.0. The number of rotatable bonds is 5. The van der Waals surface area contributed by atoms with Crippen molar-refractivity contribution in [3.05, 3.63) is 34.3 Å². The van der Waals surface area contributed by atoms with E-state index in [1.807, 2.05) is 25.1 Å². The largest absolute Gasteiger partial charge is 0.286 e. The number of carbonyl (C=O) groups excluding carboxylic acids is 1. The molecule has 0 bridgehead atoms. The Morgan fingerprint density at radius 2 is 2.27 bits per heavy atom. The third-order valence-electron chi connectivity index (χ3n) is 2.20. The molecule has 4 heteroatoms. The van der Waals surface area contributed by atoms with E-state index in [-0.39, 0.29) is 0 Å². The van der Waals surface area contributed by atoms with Crippen LogP contribution in [0.25, 0.3) is 0 Å². The quantitative estimate of drug-likeness (QED) is 0.477. The summed E-state index contributed by atoms with van der Waals surface area (Å²) in [4.78, 5) is 10.1. The van der Waals surface area contributed by atoms with E-state index in [1.165, 1.54) is 0 Å². The van der Waals surface area contributed by atoms with Crippen molar-refractivity contribution in [2.45, 2.75) is 19.8 Å². The van der Waals surface area contributed by atoms with Crippen LogP contribution in [0.1, 0.15) is 17.5 Å². The highest BCUT2D eigenvalue weighted by Crippen LogP contribution is 2.17. The number of benzene rings is 1.